The van der Waals surface area contributed by atoms with Crippen LogP contribution in [-0.4, -0.2) is 30.2 Å². The Balaban J connectivity index is 2.19. The summed E-state index contributed by atoms with van der Waals surface area (Å²) >= 11 is 0. The molecule has 0 aromatic heterocycles. The Bertz CT molecular complexity index is 651. The smallest absolute Gasteiger partial charge is 0.333 e. The van der Waals surface area contributed by atoms with E-state index in [4.69, 9.17) is 0 Å². The second-order valence-electron chi connectivity index (χ2n) is 6.77. The number of carbonyl (C=O) groups is 2. The number of rotatable bonds is 2. The van der Waals surface area contributed by atoms with E-state index < -0.39 is 30.2 Å². The van der Waals surface area contributed by atoms with Crippen molar-refractivity contribution in [3.05, 3.63) is 23.8 Å². The lowest BCUT2D eigenvalue weighted by Gasteiger charge is -2.30. The molecule has 1 aliphatic heterocycles. The molecule has 0 radical (unpaired) electrons. The van der Waals surface area contributed by atoms with Gasteiger partial charge in [-0.1, -0.05) is 0 Å². The van der Waals surface area contributed by atoms with Gasteiger partial charge in [0.05, 0.1) is 0 Å². The van der Waals surface area contributed by atoms with Crippen molar-refractivity contribution < 1.29 is 22.8 Å². The molecule has 0 atom stereocenters. The zero-order valence-electron chi connectivity index (χ0n) is 13.8. The van der Waals surface area contributed by atoms with E-state index in [1.165, 1.54) is 12.1 Å². The van der Waals surface area contributed by atoms with E-state index in [1.807, 2.05) is 20.8 Å². The number of hydrogen-bond acceptors (Lipinski definition) is 2. The average Bonchev–Trinajstić information content (AvgIpc) is 2.38. The summed E-state index contributed by atoms with van der Waals surface area (Å²) in [5.41, 5.74) is 0.906. The van der Waals surface area contributed by atoms with Crippen LogP contribution >= 0.6 is 0 Å². The van der Waals surface area contributed by atoms with E-state index in [-0.39, 0.29) is 12.1 Å². The van der Waals surface area contributed by atoms with E-state index in [9.17, 15) is 22.8 Å². The quantitative estimate of drug-likeness (QED) is 0.864. The molecule has 0 aliphatic carbocycles. The second-order valence-corrected chi connectivity index (χ2v) is 6.77. The Morgan fingerprint density at radius 3 is 2.46 bits per heavy atom. The SMILES string of the molecule is CC(C)(C)NC(=O)Nc1ccc2c(c1)CCC(=O)N2CC(F)(F)F. The number of halogens is 3. The maximum atomic E-state index is 12.7. The molecular weight excluding hydrogens is 323 g/mol. The Labute approximate surface area is 138 Å². The lowest BCUT2D eigenvalue weighted by Crippen LogP contribution is -2.43. The van der Waals surface area contributed by atoms with Gasteiger partial charge in [0, 0.05) is 23.3 Å². The third-order valence-electron chi connectivity index (χ3n) is 3.36. The standard InChI is InChI=1S/C16H20F3N3O2/c1-15(2,3)21-14(24)20-11-5-6-12-10(8-11)4-7-13(23)22(12)9-16(17,18)19/h5-6,8H,4,7,9H2,1-3H3,(H2,20,21,24). The molecule has 0 saturated heterocycles. The molecule has 1 heterocycles. The summed E-state index contributed by atoms with van der Waals surface area (Å²) < 4.78 is 38.0. The van der Waals surface area contributed by atoms with E-state index in [2.05, 4.69) is 10.6 Å². The summed E-state index contributed by atoms with van der Waals surface area (Å²) in [6.45, 7) is 4.19. The van der Waals surface area contributed by atoms with Crippen LogP contribution in [0.5, 0.6) is 0 Å². The molecule has 0 bridgehead atoms. The Hall–Kier alpha value is -2.25. The fraction of sp³-hybridized carbons (Fsp3) is 0.500. The molecular formula is C16H20F3N3O2. The lowest BCUT2D eigenvalue weighted by molar-refractivity contribution is -0.132. The average molecular weight is 343 g/mol. The summed E-state index contributed by atoms with van der Waals surface area (Å²) in [5, 5.41) is 5.38. The monoisotopic (exact) mass is 343 g/mol. The summed E-state index contributed by atoms with van der Waals surface area (Å²) in [6, 6.07) is 4.13. The van der Waals surface area contributed by atoms with Gasteiger partial charge >= 0.3 is 12.2 Å². The minimum atomic E-state index is -4.46. The van der Waals surface area contributed by atoms with Gasteiger partial charge in [0.1, 0.15) is 6.54 Å². The molecule has 5 nitrogen and oxygen atoms in total. The van der Waals surface area contributed by atoms with Crippen LogP contribution in [0.3, 0.4) is 0 Å². The highest BCUT2D eigenvalue weighted by molar-refractivity contribution is 5.97. The molecule has 0 saturated carbocycles. The highest BCUT2D eigenvalue weighted by Gasteiger charge is 2.36. The van der Waals surface area contributed by atoms with Gasteiger partial charge < -0.3 is 15.5 Å². The Kier molecular flexibility index (Phi) is 4.77. The van der Waals surface area contributed by atoms with Crippen LogP contribution in [0.4, 0.5) is 29.3 Å². The number of anilines is 2. The third kappa shape index (κ3) is 4.87. The lowest BCUT2D eigenvalue weighted by atomic mass is 10.0. The van der Waals surface area contributed by atoms with Gasteiger partial charge in [-0.2, -0.15) is 13.2 Å². The molecule has 8 heteroatoms. The van der Waals surface area contributed by atoms with Gasteiger partial charge in [0.15, 0.2) is 0 Å². The molecule has 1 aliphatic rings. The van der Waals surface area contributed by atoms with E-state index in [0.29, 0.717) is 17.7 Å². The fourth-order valence-corrected chi connectivity index (χ4v) is 2.49. The van der Waals surface area contributed by atoms with Crippen LogP contribution in [0.1, 0.15) is 32.8 Å². The normalized spacial score (nSPS) is 15.1. The zero-order chi connectivity index (χ0) is 18.1. The molecule has 132 valence electrons. The molecule has 2 N–H and O–H groups in total. The summed E-state index contributed by atoms with van der Waals surface area (Å²) in [5.74, 6) is -0.550. The predicted octanol–water partition coefficient (Wildman–Crippen LogP) is 3.45. The number of alkyl halides is 3. The van der Waals surface area contributed by atoms with Gasteiger partial charge in [-0.3, -0.25) is 4.79 Å². The van der Waals surface area contributed by atoms with Gasteiger partial charge in [-0.15, -0.1) is 0 Å². The molecule has 1 aromatic carbocycles. The van der Waals surface area contributed by atoms with E-state index in [1.54, 1.807) is 6.07 Å². The zero-order valence-corrected chi connectivity index (χ0v) is 13.8. The van der Waals surface area contributed by atoms with Crippen LogP contribution in [-0.2, 0) is 11.2 Å². The third-order valence-corrected chi connectivity index (χ3v) is 3.36. The molecule has 1 aromatic rings. The topological polar surface area (TPSA) is 61.4 Å². The van der Waals surface area contributed by atoms with E-state index in [0.717, 1.165) is 4.90 Å². The van der Waals surface area contributed by atoms with Crippen LogP contribution in [0.2, 0.25) is 0 Å². The summed E-state index contributed by atoms with van der Waals surface area (Å²) in [4.78, 5) is 24.4. The van der Waals surface area contributed by atoms with Crippen LogP contribution in [0.25, 0.3) is 0 Å². The molecule has 24 heavy (non-hydrogen) atoms. The number of carbonyl (C=O) groups excluding carboxylic acids is 2. The minimum Gasteiger partial charge on any atom is -0.333 e. The Morgan fingerprint density at radius 2 is 1.88 bits per heavy atom. The molecule has 0 spiro atoms. The van der Waals surface area contributed by atoms with Gasteiger partial charge in [0.2, 0.25) is 5.91 Å². The first kappa shape index (κ1) is 18.1. The first-order valence-electron chi connectivity index (χ1n) is 7.54. The highest BCUT2D eigenvalue weighted by Crippen LogP contribution is 2.32. The van der Waals surface area contributed by atoms with Crippen molar-refractivity contribution in [2.45, 2.75) is 45.3 Å². The number of amides is 3. The van der Waals surface area contributed by atoms with Gasteiger partial charge in [-0.25, -0.2) is 4.79 Å². The van der Waals surface area contributed by atoms with Gasteiger partial charge in [-0.05, 0) is 51.0 Å². The van der Waals surface area contributed by atoms with Crippen molar-refractivity contribution in [1.82, 2.24) is 5.32 Å². The number of nitrogens with zero attached hydrogens (tertiary/aromatic N) is 1. The molecule has 0 fully saturated rings. The Morgan fingerprint density at radius 1 is 1.21 bits per heavy atom. The maximum absolute atomic E-state index is 12.7. The van der Waals surface area contributed by atoms with Gasteiger partial charge in [0.25, 0.3) is 0 Å². The number of urea groups is 1. The van der Waals surface area contributed by atoms with Crippen LogP contribution in [0.15, 0.2) is 18.2 Å². The van der Waals surface area contributed by atoms with Crippen molar-refractivity contribution >= 4 is 23.3 Å². The predicted molar refractivity (Wildman–Crippen MR) is 85.1 cm³/mol. The number of hydrogen-bond donors (Lipinski definition) is 2. The number of nitrogens with one attached hydrogen (secondary N) is 2. The van der Waals surface area contributed by atoms with E-state index >= 15 is 0 Å². The molecule has 3 amide bonds. The van der Waals surface area contributed by atoms with Crippen LogP contribution in [0, 0.1) is 0 Å². The summed E-state index contributed by atoms with van der Waals surface area (Å²) in [6.07, 6.45) is -4.10. The van der Waals surface area contributed by atoms with Crippen molar-refractivity contribution in [3.63, 3.8) is 0 Å². The molecule has 2 rings (SSSR count). The second kappa shape index (κ2) is 6.33. The van der Waals surface area contributed by atoms with Crippen molar-refractivity contribution in [2.24, 2.45) is 0 Å². The van der Waals surface area contributed by atoms with Crippen molar-refractivity contribution in [3.8, 4) is 0 Å². The highest BCUT2D eigenvalue weighted by atomic mass is 19.4. The summed E-state index contributed by atoms with van der Waals surface area (Å²) in [7, 11) is 0. The van der Waals surface area contributed by atoms with Crippen molar-refractivity contribution in [1.29, 1.82) is 0 Å². The number of fused-ring (bicyclic) bond motifs is 1. The minimum absolute atomic E-state index is 0.0146. The fourth-order valence-electron chi connectivity index (χ4n) is 2.49. The first-order chi connectivity index (χ1) is 10.9. The van der Waals surface area contributed by atoms with Crippen LogP contribution < -0.4 is 15.5 Å². The largest absolute Gasteiger partial charge is 0.406 e. The first-order valence-corrected chi connectivity index (χ1v) is 7.54. The van der Waals surface area contributed by atoms with Crippen molar-refractivity contribution in [2.75, 3.05) is 16.8 Å². The maximum Gasteiger partial charge on any atom is 0.406 e. The molecule has 0 unspecified atom stereocenters. The number of benzene rings is 1. The number of aryl methyl sites for hydroxylation is 1.